The van der Waals surface area contributed by atoms with E-state index in [9.17, 15) is 14.4 Å². The number of carbonyl (C=O) groups is 2. The zero-order valence-corrected chi connectivity index (χ0v) is 19.7. The first kappa shape index (κ1) is 23.0. The van der Waals surface area contributed by atoms with Crippen LogP contribution in [0.1, 0.15) is 40.9 Å². The first-order chi connectivity index (χ1) is 17.0. The standard InChI is InChI=1S/C26H29N3O6/c1-33-22-14-23(30)29-12-11-28(26(32)18-5-3-2-4-6-18)10-9-19(29)24(22)25(31)27-15-17-7-8-20-21(13-17)35-16-34-20/h2-3,7-8,13-14,18H,4-6,9-12,15-16H2,1H3,(H,27,31)/t18-/m1/s1. The molecule has 0 saturated heterocycles. The molecule has 1 aliphatic carbocycles. The van der Waals surface area contributed by atoms with Gasteiger partial charge in [0, 0.05) is 50.3 Å². The number of carbonyl (C=O) groups excluding carboxylic acids is 2. The van der Waals surface area contributed by atoms with Crippen LogP contribution in [0.2, 0.25) is 0 Å². The maximum absolute atomic E-state index is 13.3. The highest BCUT2D eigenvalue weighted by molar-refractivity contribution is 5.98. The van der Waals surface area contributed by atoms with E-state index in [4.69, 9.17) is 14.2 Å². The Bertz CT molecular complexity index is 1230. The number of hydrogen-bond donors (Lipinski definition) is 1. The molecule has 3 heterocycles. The summed E-state index contributed by atoms with van der Waals surface area (Å²) in [6.45, 7) is 1.70. The van der Waals surface area contributed by atoms with Gasteiger partial charge < -0.3 is 29.0 Å². The molecule has 0 bridgehead atoms. The number of nitrogens with zero attached hydrogens (tertiary/aromatic N) is 2. The lowest BCUT2D eigenvalue weighted by Crippen LogP contribution is -2.38. The van der Waals surface area contributed by atoms with Gasteiger partial charge in [-0.2, -0.15) is 0 Å². The Balaban J connectivity index is 1.36. The molecule has 3 aliphatic rings. The Morgan fingerprint density at radius 1 is 1.11 bits per heavy atom. The Kier molecular flexibility index (Phi) is 6.48. The first-order valence-corrected chi connectivity index (χ1v) is 12.0. The van der Waals surface area contributed by atoms with E-state index in [-0.39, 0.29) is 42.4 Å². The smallest absolute Gasteiger partial charge is 0.257 e. The van der Waals surface area contributed by atoms with Crippen molar-refractivity contribution in [3.05, 3.63) is 63.6 Å². The van der Waals surface area contributed by atoms with Crippen LogP contribution in [0.5, 0.6) is 17.2 Å². The highest BCUT2D eigenvalue weighted by Gasteiger charge is 2.29. The fourth-order valence-corrected chi connectivity index (χ4v) is 4.97. The molecule has 0 fully saturated rings. The normalized spacial score (nSPS) is 18.5. The van der Waals surface area contributed by atoms with Crippen LogP contribution in [0.3, 0.4) is 0 Å². The molecule has 1 aromatic carbocycles. The molecule has 9 heteroatoms. The second kappa shape index (κ2) is 9.85. The van der Waals surface area contributed by atoms with Crippen molar-refractivity contribution in [1.82, 2.24) is 14.8 Å². The summed E-state index contributed by atoms with van der Waals surface area (Å²) in [6.07, 6.45) is 7.09. The molecule has 184 valence electrons. The fourth-order valence-electron chi connectivity index (χ4n) is 4.97. The van der Waals surface area contributed by atoms with Crippen molar-refractivity contribution in [2.24, 2.45) is 5.92 Å². The lowest BCUT2D eigenvalue weighted by Gasteiger charge is -2.26. The molecule has 2 amide bonds. The number of methoxy groups -OCH3 is 1. The van der Waals surface area contributed by atoms with Gasteiger partial charge in [-0.1, -0.05) is 18.2 Å². The fraction of sp³-hybridized carbons (Fsp3) is 0.423. The predicted molar refractivity (Wildman–Crippen MR) is 128 cm³/mol. The van der Waals surface area contributed by atoms with E-state index in [2.05, 4.69) is 17.5 Å². The number of fused-ring (bicyclic) bond motifs is 2. The summed E-state index contributed by atoms with van der Waals surface area (Å²) in [6, 6.07) is 6.86. The van der Waals surface area contributed by atoms with Gasteiger partial charge in [-0.3, -0.25) is 14.4 Å². The Hall–Kier alpha value is -3.75. The predicted octanol–water partition coefficient (Wildman–Crippen LogP) is 2.26. The van der Waals surface area contributed by atoms with Crippen molar-refractivity contribution < 1.29 is 23.8 Å². The summed E-state index contributed by atoms with van der Waals surface area (Å²) in [5.74, 6) is 1.33. The van der Waals surface area contributed by atoms with Gasteiger partial charge in [-0.05, 0) is 37.0 Å². The number of aromatic nitrogens is 1. The summed E-state index contributed by atoms with van der Waals surface area (Å²) >= 11 is 0. The molecule has 9 nitrogen and oxygen atoms in total. The Labute approximate surface area is 203 Å². The van der Waals surface area contributed by atoms with Crippen molar-refractivity contribution in [2.75, 3.05) is 27.0 Å². The maximum atomic E-state index is 13.3. The average Bonchev–Trinajstić information content (AvgIpc) is 3.24. The third kappa shape index (κ3) is 4.62. The van der Waals surface area contributed by atoms with Crippen molar-refractivity contribution in [2.45, 2.75) is 38.8 Å². The molecule has 0 spiro atoms. The summed E-state index contributed by atoms with van der Waals surface area (Å²) < 4.78 is 17.8. The van der Waals surface area contributed by atoms with Crippen LogP contribution in [0, 0.1) is 5.92 Å². The lowest BCUT2D eigenvalue weighted by atomic mass is 9.93. The monoisotopic (exact) mass is 479 g/mol. The number of rotatable bonds is 5. The molecule has 5 rings (SSSR count). The summed E-state index contributed by atoms with van der Waals surface area (Å²) in [7, 11) is 1.45. The molecule has 35 heavy (non-hydrogen) atoms. The van der Waals surface area contributed by atoms with Crippen molar-refractivity contribution in [3.63, 3.8) is 0 Å². The van der Waals surface area contributed by atoms with E-state index in [1.807, 2.05) is 23.1 Å². The Morgan fingerprint density at radius 3 is 2.77 bits per heavy atom. The molecular weight excluding hydrogens is 450 g/mol. The summed E-state index contributed by atoms with van der Waals surface area (Å²) in [4.78, 5) is 41.1. The van der Waals surface area contributed by atoms with Gasteiger partial charge in [0.1, 0.15) is 11.3 Å². The number of amides is 2. The molecular formula is C26H29N3O6. The molecule has 1 aromatic heterocycles. The van der Waals surface area contributed by atoms with Crippen LogP contribution in [0.4, 0.5) is 0 Å². The van der Waals surface area contributed by atoms with Crippen molar-refractivity contribution in [1.29, 1.82) is 0 Å². The third-order valence-electron chi connectivity index (χ3n) is 6.86. The van der Waals surface area contributed by atoms with Gasteiger partial charge in [-0.25, -0.2) is 0 Å². The highest BCUT2D eigenvalue weighted by atomic mass is 16.7. The lowest BCUT2D eigenvalue weighted by molar-refractivity contribution is -0.135. The molecule has 0 saturated carbocycles. The molecule has 1 atom stereocenters. The van der Waals surface area contributed by atoms with E-state index in [1.54, 1.807) is 4.57 Å². The van der Waals surface area contributed by atoms with Gasteiger partial charge in [-0.15, -0.1) is 0 Å². The van der Waals surface area contributed by atoms with E-state index in [0.29, 0.717) is 48.8 Å². The van der Waals surface area contributed by atoms with E-state index >= 15 is 0 Å². The number of benzene rings is 1. The van der Waals surface area contributed by atoms with Gasteiger partial charge in [0.25, 0.3) is 11.5 Å². The largest absolute Gasteiger partial charge is 0.496 e. The minimum absolute atomic E-state index is 0.0167. The summed E-state index contributed by atoms with van der Waals surface area (Å²) in [5, 5.41) is 2.94. The van der Waals surface area contributed by atoms with E-state index in [1.165, 1.54) is 13.2 Å². The van der Waals surface area contributed by atoms with Crippen LogP contribution >= 0.6 is 0 Å². The number of pyridine rings is 1. The zero-order valence-electron chi connectivity index (χ0n) is 19.7. The van der Waals surface area contributed by atoms with Gasteiger partial charge in [0.15, 0.2) is 11.5 Å². The van der Waals surface area contributed by atoms with Crippen LogP contribution in [0.25, 0.3) is 0 Å². The van der Waals surface area contributed by atoms with E-state index < -0.39 is 0 Å². The van der Waals surface area contributed by atoms with Crippen LogP contribution in [-0.4, -0.2) is 48.3 Å². The van der Waals surface area contributed by atoms with Gasteiger partial charge in [0.2, 0.25) is 12.7 Å². The quantitative estimate of drug-likeness (QED) is 0.661. The zero-order chi connectivity index (χ0) is 24.4. The number of nitrogens with one attached hydrogen (secondary N) is 1. The minimum atomic E-state index is -0.333. The average molecular weight is 480 g/mol. The maximum Gasteiger partial charge on any atom is 0.257 e. The second-order valence-electron chi connectivity index (χ2n) is 8.95. The second-order valence-corrected chi connectivity index (χ2v) is 8.95. The van der Waals surface area contributed by atoms with Gasteiger partial charge >= 0.3 is 0 Å². The van der Waals surface area contributed by atoms with Crippen LogP contribution < -0.4 is 25.1 Å². The molecule has 2 aliphatic heterocycles. The molecule has 2 aromatic rings. The van der Waals surface area contributed by atoms with Crippen molar-refractivity contribution in [3.8, 4) is 17.2 Å². The van der Waals surface area contributed by atoms with Gasteiger partial charge in [0.05, 0.1) is 7.11 Å². The van der Waals surface area contributed by atoms with E-state index in [0.717, 1.165) is 24.8 Å². The topological polar surface area (TPSA) is 99.1 Å². The first-order valence-electron chi connectivity index (χ1n) is 12.0. The number of hydrogen-bond acceptors (Lipinski definition) is 6. The third-order valence-corrected chi connectivity index (χ3v) is 6.86. The molecule has 1 N–H and O–H groups in total. The minimum Gasteiger partial charge on any atom is -0.496 e. The summed E-state index contributed by atoms with van der Waals surface area (Å²) in [5.41, 5.74) is 1.55. The highest BCUT2D eigenvalue weighted by Crippen LogP contribution is 2.32. The van der Waals surface area contributed by atoms with Crippen LogP contribution in [0.15, 0.2) is 41.2 Å². The molecule has 0 radical (unpaired) electrons. The van der Waals surface area contributed by atoms with Crippen molar-refractivity contribution >= 4 is 11.8 Å². The Morgan fingerprint density at radius 2 is 1.97 bits per heavy atom. The SMILES string of the molecule is COc1cc(=O)n2c(c1C(=O)NCc1ccc3c(c1)OCO3)CCN(C(=O)[C@@H]1CC=CCC1)CC2. The number of ether oxygens (including phenoxy) is 3. The number of allylic oxidation sites excluding steroid dienone is 2. The molecule has 0 unspecified atom stereocenters. The van der Waals surface area contributed by atoms with Crippen LogP contribution in [-0.2, 0) is 24.3 Å².